The maximum Gasteiger partial charge on any atom is 0.252 e. The summed E-state index contributed by atoms with van der Waals surface area (Å²) in [4.78, 5) is 24.8. The molecule has 0 bridgehead atoms. The molecule has 1 heterocycles. The van der Waals surface area contributed by atoms with Crippen LogP contribution >= 0.6 is 27.7 Å². The minimum Gasteiger partial charge on any atom is -0.345 e. The maximum atomic E-state index is 12.5. The Morgan fingerprint density at radius 1 is 1.19 bits per heavy atom. The van der Waals surface area contributed by atoms with Crippen molar-refractivity contribution in [1.29, 1.82) is 0 Å². The average molecular weight is 500 g/mol. The van der Waals surface area contributed by atoms with Crippen LogP contribution in [0.25, 0.3) is 0 Å². The van der Waals surface area contributed by atoms with E-state index in [2.05, 4.69) is 43.3 Å². The van der Waals surface area contributed by atoms with Gasteiger partial charge in [0.1, 0.15) is 0 Å². The molecule has 2 amide bonds. The highest BCUT2D eigenvalue weighted by molar-refractivity contribution is 9.10. The lowest BCUT2D eigenvalue weighted by atomic mass is 10.2. The van der Waals surface area contributed by atoms with Crippen molar-refractivity contribution in [2.45, 2.75) is 25.2 Å². The minimum atomic E-state index is -0.215. The summed E-state index contributed by atoms with van der Waals surface area (Å²) in [5.41, 5.74) is 2.37. The van der Waals surface area contributed by atoms with Crippen molar-refractivity contribution in [3.05, 3.63) is 82.6 Å². The number of aryl methyl sites for hydroxylation is 1. The van der Waals surface area contributed by atoms with Crippen molar-refractivity contribution in [2.24, 2.45) is 0 Å². The van der Waals surface area contributed by atoms with Crippen LogP contribution in [-0.4, -0.2) is 32.3 Å². The fourth-order valence-corrected chi connectivity index (χ4v) is 4.05. The minimum absolute atomic E-state index is 0.132. The van der Waals surface area contributed by atoms with Gasteiger partial charge in [-0.15, -0.1) is 16.8 Å². The van der Waals surface area contributed by atoms with Crippen LogP contribution in [0.3, 0.4) is 0 Å². The molecule has 0 spiro atoms. The lowest BCUT2D eigenvalue weighted by molar-refractivity contribution is -0.113. The lowest BCUT2D eigenvalue weighted by Gasteiger charge is -2.10. The summed E-state index contributed by atoms with van der Waals surface area (Å²) in [5, 5.41) is 14.7. The Balaban J connectivity index is 1.61. The van der Waals surface area contributed by atoms with Gasteiger partial charge in [0.15, 0.2) is 11.0 Å². The maximum absolute atomic E-state index is 12.5. The molecular formula is C22H22BrN5O2S. The molecule has 31 heavy (non-hydrogen) atoms. The molecule has 7 nitrogen and oxygen atoms in total. The average Bonchev–Trinajstić information content (AvgIpc) is 3.13. The monoisotopic (exact) mass is 499 g/mol. The van der Waals surface area contributed by atoms with E-state index in [0.29, 0.717) is 23.1 Å². The Morgan fingerprint density at radius 2 is 2.00 bits per heavy atom. The van der Waals surface area contributed by atoms with Crippen molar-refractivity contribution in [3.8, 4) is 0 Å². The van der Waals surface area contributed by atoms with Crippen LogP contribution in [0, 0.1) is 6.92 Å². The first-order valence-electron chi connectivity index (χ1n) is 9.53. The number of halogens is 1. The largest absolute Gasteiger partial charge is 0.345 e. The first-order valence-corrected chi connectivity index (χ1v) is 11.3. The van der Waals surface area contributed by atoms with Gasteiger partial charge in [-0.2, -0.15) is 0 Å². The highest BCUT2D eigenvalue weighted by Crippen LogP contribution is 2.19. The molecule has 2 N–H and O–H groups in total. The standard InChI is InChI=1S/C22H22BrN5O2S/c1-3-11-28-19(13-24-21(30)17-9-4-5-10-18(17)23)26-27-22(28)31-14-20(29)25-16-8-6-7-15(2)12-16/h3-10,12H,1,11,13-14H2,2H3,(H,24,30)(H,25,29). The molecule has 0 aliphatic carbocycles. The number of hydrogen-bond acceptors (Lipinski definition) is 5. The Kier molecular flexibility index (Phi) is 8.02. The number of hydrogen-bond donors (Lipinski definition) is 2. The highest BCUT2D eigenvalue weighted by atomic mass is 79.9. The van der Waals surface area contributed by atoms with Gasteiger partial charge in [-0.1, -0.05) is 42.1 Å². The first kappa shape index (κ1) is 22.8. The van der Waals surface area contributed by atoms with Crippen molar-refractivity contribution in [1.82, 2.24) is 20.1 Å². The summed E-state index contributed by atoms with van der Waals surface area (Å²) >= 11 is 4.66. The molecular weight excluding hydrogens is 478 g/mol. The summed E-state index contributed by atoms with van der Waals surface area (Å²) in [6.45, 7) is 6.42. The third kappa shape index (κ3) is 6.28. The molecule has 0 aliphatic rings. The van der Waals surface area contributed by atoms with Crippen molar-refractivity contribution in [2.75, 3.05) is 11.1 Å². The summed E-state index contributed by atoms with van der Waals surface area (Å²) in [6, 6.07) is 14.8. The number of nitrogens with zero attached hydrogens (tertiary/aromatic N) is 3. The Bertz CT molecular complexity index is 1100. The van der Waals surface area contributed by atoms with E-state index in [4.69, 9.17) is 0 Å². The molecule has 160 valence electrons. The molecule has 2 aromatic carbocycles. The third-order valence-corrected chi connectivity index (χ3v) is 5.92. The van der Waals surface area contributed by atoms with E-state index in [9.17, 15) is 9.59 Å². The molecule has 0 unspecified atom stereocenters. The number of carbonyl (C=O) groups excluding carboxylic acids is 2. The van der Waals surface area contributed by atoms with Gasteiger partial charge in [0.2, 0.25) is 5.91 Å². The molecule has 3 aromatic rings. The predicted octanol–water partition coefficient (Wildman–Crippen LogP) is 4.20. The van der Waals surface area contributed by atoms with E-state index in [1.165, 1.54) is 11.8 Å². The summed E-state index contributed by atoms with van der Waals surface area (Å²) in [7, 11) is 0. The van der Waals surface area contributed by atoms with Crippen LogP contribution in [0.2, 0.25) is 0 Å². The Morgan fingerprint density at radius 3 is 2.74 bits per heavy atom. The number of nitrogens with one attached hydrogen (secondary N) is 2. The Hall–Kier alpha value is -2.91. The van der Waals surface area contributed by atoms with Crippen LogP contribution in [0.1, 0.15) is 21.7 Å². The van der Waals surface area contributed by atoms with E-state index in [-0.39, 0.29) is 24.1 Å². The zero-order valence-corrected chi connectivity index (χ0v) is 19.4. The fourth-order valence-electron chi connectivity index (χ4n) is 2.82. The second kappa shape index (κ2) is 10.9. The number of benzene rings is 2. The van der Waals surface area contributed by atoms with Gasteiger partial charge in [-0.05, 0) is 52.7 Å². The van der Waals surface area contributed by atoms with Crippen LogP contribution < -0.4 is 10.6 Å². The summed E-state index contributed by atoms with van der Waals surface area (Å²) < 4.78 is 2.55. The van der Waals surface area contributed by atoms with Gasteiger partial charge in [-0.3, -0.25) is 9.59 Å². The fraction of sp³-hybridized carbons (Fsp3) is 0.182. The van der Waals surface area contributed by atoms with Crippen LogP contribution in [0.5, 0.6) is 0 Å². The second-order valence-corrected chi connectivity index (χ2v) is 8.46. The molecule has 1 aromatic heterocycles. The van der Waals surface area contributed by atoms with Crippen molar-refractivity contribution in [3.63, 3.8) is 0 Å². The Labute approximate surface area is 193 Å². The van der Waals surface area contributed by atoms with Crippen molar-refractivity contribution < 1.29 is 9.59 Å². The van der Waals surface area contributed by atoms with E-state index in [1.807, 2.05) is 47.9 Å². The summed E-state index contributed by atoms with van der Waals surface area (Å²) in [6.07, 6.45) is 1.72. The topological polar surface area (TPSA) is 88.9 Å². The number of aromatic nitrogens is 3. The number of rotatable bonds is 9. The molecule has 9 heteroatoms. The van der Waals surface area contributed by atoms with Gasteiger partial charge in [0.05, 0.1) is 17.9 Å². The van der Waals surface area contributed by atoms with Gasteiger partial charge in [-0.25, -0.2) is 0 Å². The van der Waals surface area contributed by atoms with Gasteiger partial charge in [0.25, 0.3) is 5.91 Å². The molecule has 0 saturated heterocycles. The second-order valence-electron chi connectivity index (χ2n) is 6.67. The molecule has 0 radical (unpaired) electrons. The van der Waals surface area contributed by atoms with Crippen molar-refractivity contribution >= 4 is 45.2 Å². The van der Waals surface area contributed by atoms with Crippen LogP contribution in [-0.2, 0) is 17.9 Å². The zero-order valence-electron chi connectivity index (χ0n) is 17.0. The number of allylic oxidation sites excluding steroid dienone is 1. The molecule has 3 rings (SSSR count). The molecule has 0 aliphatic heterocycles. The normalized spacial score (nSPS) is 10.5. The predicted molar refractivity (Wildman–Crippen MR) is 126 cm³/mol. The van der Waals surface area contributed by atoms with E-state index in [1.54, 1.807) is 18.2 Å². The highest BCUT2D eigenvalue weighted by Gasteiger charge is 2.15. The molecule has 0 atom stereocenters. The number of anilines is 1. The number of thioether (sulfide) groups is 1. The summed E-state index contributed by atoms with van der Waals surface area (Å²) in [5.74, 6) is 0.425. The van der Waals surface area contributed by atoms with Gasteiger partial charge < -0.3 is 15.2 Å². The quantitative estimate of drug-likeness (QED) is 0.340. The van der Waals surface area contributed by atoms with Gasteiger partial charge in [0, 0.05) is 16.7 Å². The number of amides is 2. The van der Waals surface area contributed by atoms with E-state index < -0.39 is 0 Å². The number of carbonyl (C=O) groups is 2. The van der Waals surface area contributed by atoms with Crippen LogP contribution in [0.4, 0.5) is 5.69 Å². The molecule has 0 fully saturated rings. The van der Waals surface area contributed by atoms with Crippen LogP contribution in [0.15, 0.2) is 70.8 Å². The van der Waals surface area contributed by atoms with Gasteiger partial charge >= 0.3 is 0 Å². The lowest BCUT2D eigenvalue weighted by Crippen LogP contribution is -2.25. The van der Waals surface area contributed by atoms with E-state index in [0.717, 1.165) is 15.7 Å². The first-order chi connectivity index (χ1) is 15.0. The van der Waals surface area contributed by atoms with E-state index >= 15 is 0 Å². The smallest absolute Gasteiger partial charge is 0.252 e. The molecule has 0 saturated carbocycles. The SMILES string of the molecule is C=CCn1c(CNC(=O)c2ccccc2Br)nnc1SCC(=O)Nc1cccc(C)c1. The zero-order chi connectivity index (χ0) is 22.2. The third-order valence-electron chi connectivity index (χ3n) is 4.26.